The molecule has 1 aromatic rings. The number of nitrogens with one attached hydrogen (secondary N) is 1. The summed E-state index contributed by atoms with van der Waals surface area (Å²) < 4.78 is 5.01. The molecule has 1 N–H and O–H groups in total. The van der Waals surface area contributed by atoms with Crippen molar-refractivity contribution in [2.75, 3.05) is 19.7 Å². The monoisotopic (exact) mass is 368 g/mol. The molecule has 2 saturated carbocycles. The van der Waals surface area contributed by atoms with Crippen LogP contribution in [0.2, 0.25) is 0 Å². The first-order chi connectivity index (χ1) is 13.1. The van der Waals surface area contributed by atoms with E-state index in [1.54, 1.807) is 0 Å². The van der Waals surface area contributed by atoms with E-state index in [0.717, 1.165) is 44.7 Å². The van der Waals surface area contributed by atoms with Gasteiger partial charge in [0.1, 0.15) is 6.61 Å². The molecule has 4 fully saturated rings. The van der Waals surface area contributed by atoms with Gasteiger partial charge in [-0.05, 0) is 61.5 Å². The number of benzene rings is 1. The molecule has 5 nitrogen and oxygen atoms in total. The highest BCUT2D eigenvalue weighted by atomic mass is 16.6. The van der Waals surface area contributed by atoms with Crippen LogP contribution in [0.4, 0.5) is 4.79 Å². The molecule has 2 heterocycles. The van der Waals surface area contributed by atoms with E-state index in [-0.39, 0.29) is 23.5 Å². The maximum Gasteiger partial charge on any atom is 0.407 e. The quantitative estimate of drug-likeness (QED) is 0.888. The number of amides is 2. The summed E-state index contributed by atoms with van der Waals surface area (Å²) >= 11 is 0. The van der Waals surface area contributed by atoms with Gasteiger partial charge in [0.05, 0.1) is 5.54 Å². The van der Waals surface area contributed by atoms with Gasteiger partial charge in [-0.2, -0.15) is 0 Å². The lowest BCUT2D eigenvalue weighted by atomic mass is 9.68. The molecule has 5 heteroatoms. The predicted molar refractivity (Wildman–Crippen MR) is 102 cm³/mol. The first-order valence-electron chi connectivity index (χ1n) is 10.5. The molecule has 1 spiro atoms. The van der Waals surface area contributed by atoms with Crippen LogP contribution in [0.15, 0.2) is 24.3 Å². The molecule has 2 aliphatic heterocycles. The predicted octanol–water partition coefficient (Wildman–Crippen LogP) is 3.55. The summed E-state index contributed by atoms with van der Waals surface area (Å²) in [6.45, 7) is 2.11. The summed E-state index contributed by atoms with van der Waals surface area (Å²) in [6.07, 6.45) is 7.26. The first kappa shape index (κ1) is 17.1. The zero-order valence-corrected chi connectivity index (χ0v) is 15.8. The largest absolute Gasteiger partial charge is 0.447 e. The van der Waals surface area contributed by atoms with Crippen LogP contribution in [0.25, 0.3) is 0 Å². The third-order valence-corrected chi connectivity index (χ3v) is 7.26. The van der Waals surface area contributed by atoms with Crippen LogP contribution < -0.4 is 5.32 Å². The number of carbonyl (C=O) groups is 2. The van der Waals surface area contributed by atoms with E-state index in [4.69, 9.17) is 4.74 Å². The Labute approximate surface area is 160 Å². The van der Waals surface area contributed by atoms with Gasteiger partial charge in [-0.25, -0.2) is 4.79 Å². The van der Waals surface area contributed by atoms with E-state index in [1.807, 2.05) is 4.90 Å². The van der Waals surface area contributed by atoms with Crippen LogP contribution >= 0.6 is 0 Å². The van der Waals surface area contributed by atoms with Crippen molar-refractivity contribution in [1.29, 1.82) is 0 Å². The molecule has 0 aromatic heterocycles. The number of piperidine rings is 1. The van der Waals surface area contributed by atoms with Gasteiger partial charge in [0.2, 0.25) is 5.91 Å². The molecular formula is C22H28N2O3. The molecule has 2 saturated heterocycles. The first-order valence-corrected chi connectivity index (χ1v) is 10.5. The zero-order valence-electron chi connectivity index (χ0n) is 15.8. The number of cyclic esters (lactones) is 1. The molecule has 0 bridgehead atoms. The Balaban J connectivity index is 1.13. The maximum atomic E-state index is 12.8. The van der Waals surface area contributed by atoms with E-state index in [2.05, 4.69) is 29.6 Å². The van der Waals surface area contributed by atoms with Crippen molar-refractivity contribution in [3.05, 3.63) is 35.4 Å². The third kappa shape index (κ3) is 3.11. The van der Waals surface area contributed by atoms with E-state index in [9.17, 15) is 9.59 Å². The smallest absolute Gasteiger partial charge is 0.407 e. The third-order valence-electron chi connectivity index (χ3n) is 7.26. The topological polar surface area (TPSA) is 58.6 Å². The fraction of sp³-hybridized carbons (Fsp3) is 0.636. The van der Waals surface area contributed by atoms with Crippen molar-refractivity contribution < 1.29 is 14.3 Å². The highest BCUT2D eigenvalue weighted by Gasteiger charge is 2.53. The molecule has 5 rings (SSSR count). The van der Waals surface area contributed by atoms with Gasteiger partial charge in [0, 0.05) is 19.0 Å². The number of nitrogens with zero attached hydrogens (tertiary/aromatic N) is 1. The molecule has 2 aliphatic carbocycles. The summed E-state index contributed by atoms with van der Waals surface area (Å²) in [6, 6.07) is 9.27. The Hall–Kier alpha value is -2.04. The summed E-state index contributed by atoms with van der Waals surface area (Å²) in [5.41, 5.74) is 2.66. The molecule has 4 aliphatic rings. The lowest BCUT2D eigenvalue weighted by molar-refractivity contribution is -0.142. The van der Waals surface area contributed by atoms with Crippen molar-refractivity contribution in [2.24, 2.45) is 5.92 Å². The fourth-order valence-electron chi connectivity index (χ4n) is 5.24. The zero-order chi connectivity index (χ0) is 18.4. The molecule has 0 atom stereocenters. The van der Waals surface area contributed by atoms with Crippen LogP contribution in [0.5, 0.6) is 0 Å². The van der Waals surface area contributed by atoms with Crippen LogP contribution in [0.3, 0.4) is 0 Å². The van der Waals surface area contributed by atoms with Gasteiger partial charge < -0.3 is 15.0 Å². The van der Waals surface area contributed by atoms with Crippen molar-refractivity contribution in [3.63, 3.8) is 0 Å². The minimum absolute atomic E-state index is 0.0466. The minimum Gasteiger partial charge on any atom is -0.447 e. The minimum atomic E-state index is -0.343. The van der Waals surface area contributed by atoms with Gasteiger partial charge in [0.25, 0.3) is 0 Å². The van der Waals surface area contributed by atoms with Crippen molar-refractivity contribution >= 4 is 12.0 Å². The number of hydrogen-bond acceptors (Lipinski definition) is 3. The fourth-order valence-corrected chi connectivity index (χ4v) is 5.24. The number of rotatable bonds is 3. The Bertz CT molecular complexity index is 726. The van der Waals surface area contributed by atoms with Crippen molar-refractivity contribution in [2.45, 2.75) is 62.3 Å². The standard InChI is InChI=1S/C22H28N2O3/c25-20(19-12-22(13-19)14-27-21(26)23-22)24-10-8-18(9-11-24)17-6-4-16(5-7-17)15-2-1-3-15/h4-7,15,18-19H,1-3,8-14H2,(H,23,26)/t19-,22+. The van der Waals surface area contributed by atoms with E-state index in [1.165, 1.54) is 30.4 Å². The lowest BCUT2D eigenvalue weighted by Gasteiger charge is -2.45. The summed E-state index contributed by atoms with van der Waals surface area (Å²) in [5, 5.41) is 2.87. The molecule has 144 valence electrons. The Morgan fingerprint density at radius 3 is 2.07 bits per heavy atom. The van der Waals surface area contributed by atoms with E-state index < -0.39 is 0 Å². The van der Waals surface area contributed by atoms with Crippen LogP contribution in [-0.2, 0) is 9.53 Å². The van der Waals surface area contributed by atoms with Gasteiger partial charge >= 0.3 is 6.09 Å². The second-order valence-corrected chi connectivity index (χ2v) is 8.98. The Kier molecular flexibility index (Phi) is 4.14. The molecule has 2 amide bonds. The second-order valence-electron chi connectivity index (χ2n) is 8.98. The average molecular weight is 368 g/mol. The number of likely N-dealkylation sites (tertiary alicyclic amines) is 1. The summed E-state index contributed by atoms with van der Waals surface area (Å²) in [7, 11) is 0. The number of hydrogen-bond donors (Lipinski definition) is 1. The number of carbonyl (C=O) groups excluding carboxylic acids is 2. The van der Waals surface area contributed by atoms with Crippen molar-refractivity contribution in [3.8, 4) is 0 Å². The normalized spacial score (nSPS) is 31.2. The molecular weight excluding hydrogens is 340 g/mol. The average Bonchev–Trinajstić information content (AvgIpc) is 3.02. The van der Waals surface area contributed by atoms with E-state index in [0.29, 0.717) is 12.5 Å². The highest BCUT2D eigenvalue weighted by Crippen LogP contribution is 2.42. The molecule has 27 heavy (non-hydrogen) atoms. The summed E-state index contributed by atoms with van der Waals surface area (Å²) in [4.78, 5) is 26.1. The van der Waals surface area contributed by atoms with Gasteiger partial charge in [-0.15, -0.1) is 0 Å². The lowest BCUT2D eigenvalue weighted by Crippen LogP contribution is -2.58. The molecule has 0 unspecified atom stereocenters. The Morgan fingerprint density at radius 2 is 1.59 bits per heavy atom. The second kappa shape index (κ2) is 6.54. The maximum absolute atomic E-state index is 12.8. The van der Waals surface area contributed by atoms with Crippen molar-refractivity contribution in [1.82, 2.24) is 10.2 Å². The van der Waals surface area contributed by atoms with Gasteiger partial charge in [-0.1, -0.05) is 30.7 Å². The van der Waals surface area contributed by atoms with Gasteiger partial charge in [-0.3, -0.25) is 4.79 Å². The number of alkyl carbamates (subject to hydrolysis) is 1. The van der Waals surface area contributed by atoms with Crippen LogP contribution in [-0.4, -0.2) is 42.1 Å². The van der Waals surface area contributed by atoms with Crippen LogP contribution in [0.1, 0.15) is 67.9 Å². The SMILES string of the molecule is O=C1N[C@]2(CO1)C[C@H](C(=O)N1CCC(c3ccc(C4CCC4)cc3)CC1)C2. The Morgan fingerprint density at radius 1 is 1.00 bits per heavy atom. The van der Waals surface area contributed by atoms with Gasteiger partial charge in [0.15, 0.2) is 0 Å². The van der Waals surface area contributed by atoms with E-state index >= 15 is 0 Å². The summed E-state index contributed by atoms with van der Waals surface area (Å²) in [5.74, 6) is 1.67. The highest BCUT2D eigenvalue weighted by molar-refractivity contribution is 5.81. The molecule has 0 radical (unpaired) electrons. The number of ether oxygens (including phenoxy) is 1. The van der Waals surface area contributed by atoms with Crippen LogP contribution in [0, 0.1) is 5.92 Å². The molecule has 1 aromatic carbocycles.